The van der Waals surface area contributed by atoms with E-state index in [-0.39, 0.29) is 35.3 Å². The number of imidazole rings is 4. The first-order valence-corrected chi connectivity index (χ1v) is 41.1. The van der Waals surface area contributed by atoms with Gasteiger partial charge in [-0.15, -0.1) is 0 Å². The van der Waals surface area contributed by atoms with Crippen LogP contribution in [0, 0.1) is 11.8 Å². The number of hydrogen-bond acceptors (Lipinski definition) is 24. The smallest absolute Gasteiger partial charge is 0.250 e. The van der Waals surface area contributed by atoms with Crippen LogP contribution in [0.1, 0.15) is 108 Å². The van der Waals surface area contributed by atoms with Crippen LogP contribution in [0.25, 0.3) is 179 Å². The third-order valence-electron chi connectivity index (χ3n) is 21.1. The van der Waals surface area contributed by atoms with Crippen molar-refractivity contribution in [3.05, 3.63) is 224 Å². The Morgan fingerprint density at radius 1 is 0.344 bits per heavy atom. The molecule has 650 valence electrons. The molecule has 0 saturated carbocycles. The van der Waals surface area contributed by atoms with E-state index < -0.39 is 23.6 Å². The summed E-state index contributed by atoms with van der Waals surface area (Å²) in [6, 6.07) is 37.9. The zero-order valence-electron chi connectivity index (χ0n) is 70.7. The maximum atomic E-state index is 12.1. The summed E-state index contributed by atoms with van der Waals surface area (Å²) in [5.41, 5.74) is 41.7. The minimum atomic E-state index is -0.547. The number of aromatic nitrogens is 24. The number of pyridine rings is 8. The molecule has 0 aliphatic heterocycles. The molecule has 4 aromatic carbocycles. The molecule has 0 unspecified atom stereocenters. The summed E-state index contributed by atoms with van der Waals surface area (Å²) >= 11 is 0. The lowest BCUT2D eigenvalue weighted by Gasteiger charge is -2.09. The van der Waals surface area contributed by atoms with Gasteiger partial charge in [-0.05, 0) is 103 Å². The molecule has 0 aliphatic rings. The highest BCUT2D eigenvalue weighted by atomic mass is 16.2. The number of para-hydroxylation sites is 4. The summed E-state index contributed by atoms with van der Waals surface area (Å²) in [4.78, 5) is 161. The number of benzene rings is 4. The van der Waals surface area contributed by atoms with E-state index in [1.54, 1.807) is 124 Å². The SMILES string of the molecule is CC(C)C(=O)Nc1cncc(-c2cnc3n[nH]c(-c4nc5c(C(N)=O)cccc5[nH]4)c3c2)c1.CC(C)CC(=O)Nc1cncc(-c2cnc3n[nH]c(-c4nc5c(C(N)=O)cccc5[nH]4)c3c2)c1.CCC(=O)Cc1ccc(-c2cnc3n[nH]c(-c4nc5c(C(N)=O)cccc5[nH]4)c3c2)cn1.CCC(=O)Nc1cncc(-c2cnc3n[nH]c(-c4nc5c(C(N)=O)cccc5[nH]4)c3c2)c1. The second-order valence-electron chi connectivity index (χ2n) is 31.1. The summed E-state index contributed by atoms with van der Waals surface area (Å²) in [5.74, 6) is -0.0646. The van der Waals surface area contributed by atoms with Gasteiger partial charge in [-0.2, -0.15) is 20.4 Å². The lowest BCUT2D eigenvalue weighted by atomic mass is 10.1. The number of nitrogens with two attached hydrogens (primary N) is 4. The van der Waals surface area contributed by atoms with E-state index in [1.165, 1.54) is 0 Å². The van der Waals surface area contributed by atoms with Gasteiger partial charge >= 0.3 is 0 Å². The zero-order chi connectivity index (χ0) is 91.4. The predicted octanol–water partition coefficient (Wildman–Crippen LogP) is 13.1. The van der Waals surface area contributed by atoms with Crippen molar-refractivity contribution in [1.82, 2.24) is 121 Å². The van der Waals surface area contributed by atoms with Crippen LogP contribution in [0.15, 0.2) is 196 Å². The summed E-state index contributed by atoms with van der Waals surface area (Å²) in [6.45, 7) is 11.3. The largest absolute Gasteiger partial charge is 0.366 e. The highest BCUT2D eigenvalue weighted by Crippen LogP contribution is 2.37. The first-order chi connectivity index (χ1) is 63.3. The number of carbonyl (C=O) groups excluding carboxylic acids is 8. The number of H-pyrrole nitrogens is 8. The van der Waals surface area contributed by atoms with E-state index in [9.17, 15) is 38.4 Å². The number of ketones is 1. The Hall–Kier alpha value is -18.2. The van der Waals surface area contributed by atoms with Crippen molar-refractivity contribution < 1.29 is 38.4 Å². The molecule has 16 heterocycles. The number of Topliss-reactive ketones (excluding diaryl/α,β-unsaturated/α-hetero) is 1. The van der Waals surface area contributed by atoms with Crippen molar-refractivity contribution in [2.45, 2.75) is 67.2 Å². The molecule has 0 bridgehead atoms. The first-order valence-electron chi connectivity index (χ1n) is 41.1. The van der Waals surface area contributed by atoms with Gasteiger partial charge in [-0.1, -0.05) is 71.9 Å². The zero-order valence-corrected chi connectivity index (χ0v) is 70.7. The molecule has 0 aliphatic carbocycles. The van der Waals surface area contributed by atoms with Gasteiger partial charge in [0.2, 0.25) is 17.7 Å². The molecule has 19 N–H and O–H groups in total. The number of anilines is 3. The molecule has 20 aromatic rings. The van der Waals surface area contributed by atoms with Crippen LogP contribution in [0.2, 0.25) is 0 Å². The van der Waals surface area contributed by atoms with E-state index in [2.05, 4.69) is 136 Å². The Kier molecular flexibility index (Phi) is 23.5. The third kappa shape index (κ3) is 18.0. The van der Waals surface area contributed by atoms with E-state index in [4.69, 9.17) is 22.9 Å². The maximum Gasteiger partial charge on any atom is 0.250 e. The van der Waals surface area contributed by atoms with Gasteiger partial charge in [-0.25, -0.2) is 39.9 Å². The van der Waals surface area contributed by atoms with E-state index >= 15 is 0 Å². The standard InChI is InChI=1S/C24H22N8O2.C23H20N8O2.C23H19N7O2.C22H18N8O2/c1-12(2)6-19(33)28-15-7-13(9-26-11-15)14-8-17-21(31-32-23(17)27-10-14)24-29-18-5-3-4-16(22(25)34)20(18)30-24;1-11(2)23(33)27-14-6-12(8-25-10-14)13-7-16-19(30-31-21(16)26-9-13)22-28-17-5-3-4-15(20(24)32)18(17)29-22;1-2-15(31)9-14-7-6-12(10-25-14)13-8-17-20(29-30-22(17)26-11-13)23-27-18-5-3-4-16(21(24)32)19(18)28-23;1-2-17(31)26-13-6-11(8-24-10-13)12-7-15-19(29-30-21(15)25-9-12)22-27-16-5-3-4-14(20(23)32)18(16)28-22/h3-5,7-12H,6H2,1-2H3,(H2,25,34)(H,28,33)(H,29,30)(H,27,31,32);3-11H,1-2H3,(H2,24,32)(H,27,33)(H,28,29)(H,26,30,31);3-8,10-11H,2,9H2,1H3,(H2,24,32)(H,27,28)(H,26,29,30);3-10H,2H2,1H3,(H2,23,32)(H,26,31)(H,27,28)(H,25,29,30). The van der Waals surface area contributed by atoms with Gasteiger partial charge < -0.3 is 58.8 Å². The Balaban J connectivity index is 0.000000122. The quantitative estimate of drug-likeness (QED) is 0.0300. The van der Waals surface area contributed by atoms with Gasteiger partial charge in [-0.3, -0.25) is 78.7 Å². The monoisotopic (exact) mass is 1750 g/mol. The van der Waals surface area contributed by atoms with Crippen LogP contribution >= 0.6 is 0 Å². The molecule has 20 rings (SSSR count). The van der Waals surface area contributed by atoms with Crippen LogP contribution in [0.4, 0.5) is 17.1 Å². The van der Waals surface area contributed by atoms with Gasteiger partial charge in [0, 0.05) is 131 Å². The van der Waals surface area contributed by atoms with Crippen molar-refractivity contribution in [3.8, 4) is 90.6 Å². The van der Waals surface area contributed by atoms with E-state index in [0.29, 0.717) is 178 Å². The number of carbonyl (C=O) groups is 8. The van der Waals surface area contributed by atoms with E-state index in [1.807, 2.05) is 113 Å². The minimum absolute atomic E-state index is 0.0557. The summed E-state index contributed by atoms with van der Waals surface area (Å²) in [5, 5.41) is 40.5. The van der Waals surface area contributed by atoms with Crippen molar-refractivity contribution >= 4 is 152 Å². The third-order valence-corrected chi connectivity index (χ3v) is 21.1. The van der Waals surface area contributed by atoms with E-state index in [0.717, 1.165) is 71.7 Å². The molecule has 16 aromatic heterocycles. The number of amides is 7. The second-order valence-corrected chi connectivity index (χ2v) is 31.1. The Morgan fingerprint density at radius 3 is 0.954 bits per heavy atom. The molecule has 39 nitrogen and oxygen atoms in total. The van der Waals surface area contributed by atoms with Gasteiger partial charge in [0.1, 0.15) is 50.6 Å². The molecule has 0 radical (unpaired) electrons. The fourth-order valence-corrected chi connectivity index (χ4v) is 14.5. The molecular weight excluding hydrogens is 1670 g/mol. The lowest BCUT2D eigenvalue weighted by Crippen LogP contribution is -2.17. The van der Waals surface area contributed by atoms with Gasteiger partial charge in [0.25, 0.3) is 23.6 Å². The van der Waals surface area contributed by atoms with Crippen molar-refractivity contribution in [1.29, 1.82) is 0 Å². The molecule has 131 heavy (non-hydrogen) atoms. The number of aromatic amines is 8. The summed E-state index contributed by atoms with van der Waals surface area (Å²) < 4.78 is 0. The minimum Gasteiger partial charge on any atom is -0.366 e. The first kappa shape index (κ1) is 85.0. The number of fused-ring (bicyclic) bond motifs is 8. The van der Waals surface area contributed by atoms with Crippen molar-refractivity contribution in [2.24, 2.45) is 34.8 Å². The lowest BCUT2D eigenvalue weighted by molar-refractivity contribution is -0.119. The topological polar surface area (TPSA) is 609 Å². The van der Waals surface area contributed by atoms with Gasteiger partial charge in [0.05, 0.1) is 102 Å². The molecule has 7 amide bonds. The van der Waals surface area contributed by atoms with Crippen LogP contribution in [0.3, 0.4) is 0 Å². The van der Waals surface area contributed by atoms with Crippen LogP contribution in [-0.2, 0) is 25.6 Å². The number of nitrogens with one attached hydrogen (secondary N) is 11. The van der Waals surface area contributed by atoms with Crippen LogP contribution < -0.4 is 38.9 Å². The predicted molar refractivity (Wildman–Crippen MR) is 492 cm³/mol. The van der Waals surface area contributed by atoms with Crippen LogP contribution in [-0.4, -0.2) is 168 Å². The molecule has 0 spiro atoms. The fraction of sp³-hybridized carbons (Fsp3) is 0.130. The van der Waals surface area contributed by atoms with Crippen molar-refractivity contribution in [2.75, 3.05) is 16.0 Å². The molecule has 0 fully saturated rings. The van der Waals surface area contributed by atoms with Crippen LogP contribution in [0.5, 0.6) is 0 Å². The number of nitrogens with zero attached hydrogens (tertiary/aromatic N) is 16. The summed E-state index contributed by atoms with van der Waals surface area (Å²) in [6.07, 6.45) is 20.1. The molecule has 39 heteroatoms. The number of hydrogen-bond donors (Lipinski definition) is 15. The number of rotatable bonds is 22. The summed E-state index contributed by atoms with van der Waals surface area (Å²) in [7, 11) is 0. The van der Waals surface area contributed by atoms with Gasteiger partial charge in [0.15, 0.2) is 45.9 Å². The van der Waals surface area contributed by atoms with Crippen molar-refractivity contribution in [3.63, 3.8) is 0 Å². The Bertz CT molecular complexity index is 7900. The molecule has 0 saturated heterocycles. The average molecular weight is 1750 g/mol. The number of primary amides is 4. The highest BCUT2D eigenvalue weighted by molar-refractivity contribution is 6.09. The Labute approximate surface area is 739 Å². The Morgan fingerprint density at radius 2 is 0.656 bits per heavy atom. The molecule has 0 atom stereocenters. The maximum absolute atomic E-state index is 12.1. The average Bonchev–Trinajstić information content (AvgIpc) is 1.63. The fourth-order valence-electron chi connectivity index (χ4n) is 14.5. The normalized spacial score (nSPS) is 11.3. The molecular formula is C92H79N31O8. The second kappa shape index (κ2) is 36.2. The highest BCUT2D eigenvalue weighted by Gasteiger charge is 2.24.